The summed E-state index contributed by atoms with van der Waals surface area (Å²) in [4.78, 5) is 10.7. The Morgan fingerprint density at radius 1 is 1.57 bits per heavy atom. The molecule has 5 atom stereocenters. The van der Waals surface area contributed by atoms with Crippen molar-refractivity contribution < 1.29 is 19.7 Å². The standard InChI is InChI=1S/C10H14O4/c1-5-8(12)2-7-6(3-11)4-14-10(13)9(5)7/h3-5,7-10,12-13H,2H2,1H3. The lowest BCUT2D eigenvalue weighted by atomic mass is 9.84. The van der Waals surface area contributed by atoms with Crippen LogP contribution in [0.25, 0.3) is 0 Å². The van der Waals surface area contributed by atoms with Crippen LogP contribution < -0.4 is 0 Å². The normalized spacial score (nSPS) is 46.5. The molecule has 0 aromatic heterocycles. The molecule has 0 bridgehead atoms. The van der Waals surface area contributed by atoms with E-state index in [2.05, 4.69) is 0 Å². The Labute approximate surface area is 82.2 Å². The molecule has 0 saturated heterocycles. The van der Waals surface area contributed by atoms with E-state index in [1.807, 2.05) is 6.92 Å². The van der Waals surface area contributed by atoms with Gasteiger partial charge in [-0.15, -0.1) is 0 Å². The average Bonchev–Trinajstić information content (AvgIpc) is 2.45. The minimum atomic E-state index is -0.893. The largest absolute Gasteiger partial charge is 0.472 e. The number of carbonyl (C=O) groups is 1. The van der Waals surface area contributed by atoms with Crippen molar-refractivity contribution in [3.63, 3.8) is 0 Å². The molecule has 14 heavy (non-hydrogen) atoms. The smallest absolute Gasteiger partial charge is 0.200 e. The maximum absolute atomic E-state index is 10.7. The molecule has 4 nitrogen and oxygen atoms in total. The molecule has 5 unspecified atom stereocenters. The first-order valence-corrected chi connectivity index (χ1v) is 4.82. The quantitative estimate of drug-likeness (QED) is 0.584. The van der Waals surface area contributed by atoms with Crippen LogP contribution in [-0.4, -0.2) is 28.9 Å². The highest BCUT2D eigenvalue weighted by Gasteiger charge is 2.47. The summed E-state index contributed by atoms with van der Waals surface area (Å²) in [5.41, 5.74) is 0.545. The number of rotatable bonds is 1. The van der Waals surface area contributed by atoms with Gasteiger partial charge in [0, 0.05) is 17.4 Å². The van der Waals surface area contributed by atoms with E-state index >= 15 is 0 Å². The average molecular weight is 198 g/mol. The summed E-state index contributed by atoms with van der Waals surface area (Å²) in [6.45, 7) is 1.87. The first-order valence-electron chi connectivity index (χ1n) is 4.82. The Hall–Kier alpha value is -0.870. The topological polar surface area (TPSA) is 66.8 Å². The molecule has 1 heterocycles. The van der Waals surface area contributed by atoms with Gasteiger partial charge in [0.25, 0.3) is 0 Å². The Morgan fingerprint density at radius 3 is 2.93 bits per heavy atom. The van der Waals surface area contributed by atoms with Crippen molar-refractivity contribution in [1.29, 1.82) is 0 Å². The van der Waals surface area contributed by atoms with E-state index in [1.165, 1.54) is 6.26 Å². The molecule has 2 rings (SSSR count). The third-order valence-corrected chi connectivity index (χ3v) is 3.41. The van der Waals surface area contributed by atoms with Crippen molar-refractivity contribution in [2.24, 2.45) is 17.8 Å². The Kier molecular flexibility index (Phi) is 2.33. The Morgan fingerprint density at radius 2 is 2.29 bits per heavy atom. The number of hydrogen-bond donors (Lipinski definition) is 2. The summed E-state index contributed by atoms with van der Waals surface area (Å²) in [6.07, 6.45) is 1.25. The molecule has 1 fully saturated rings. The third-order valence-electron chi connectivity index (χ3n) is 3.41. The fourth-order valence-electron chi connectivity index (χ4n) is 2.51. The molecule has 4 heteroatoms. The van der Waals surface area contributed by atoms with Crippen molar-refractivity contribution in [2.75, 3.05) is 0 Å². The second kappa shape index (κ2) is 3.37. The van der Waals surface area contributed by atoms with Gasteiger partial charge in [0.15, 0.2) is 6.29 Å². The van der Waals surface area contributed by atoms with E-state index in [0.717, 1.165) is 6.29 Å². The summed E-state index contributed by atoms with van der Waals surface area (Å²) < 4.78 is 4.97. The second-order valence-corrected chi connectivity index (χ2v) is 4.11. The predicted octanol–water partition coefficient (Wildman–Crippen LogP) is 0.0509. The van der Waals surface area contributed by atoms with Crippen molar-refractivity contribution >= 4 is 6.29 Å². The summed E-state index contributed by atoms with van der Waals surface area (Å²) in [6, 6.07) is 0. The van der Waals surface area contributed by atoms with E-state index in [-0.39, 0.29) is 17.8 Å². The van der Waals surface area contributed by atoms with Crippen LogP contribution >= 0.6 is 0 Å². The highest BCUT2D eigenvalue weighted by atomic mass is 16.6. The summed E-state index contributed by atoms with van der Waals surface area (Å²) in [7, 11) is 0. The molecular weight excluding hydrogens is 184 g/mol. The molecule has 1 saturated carbocycles. The number of hydrogen-bond acceptors (Lipinski definition) is 4. The number of fused-ring (bicyclic) bond motifs is 1. The van der Waals surface area contributed by atoms with Crippen molar-refractivity contribution in [1.82, 2.24) is 0 Å². The maximum Gasteiger partial charge on any atom is 0.200 e. The molecule has 2 aliphatic rings. The van der Waals surface area contributed by atoms with Gasteiger partial charge in [0.2, 0.25) is 0 Å². The molecule has 78 valence electrons. The number of allylic oxidation sites excluding steroid dienone is 1. The molecule has 0 amide bonds. The van der Waals surface area contributed by atoms with Gasteiger partial charge in [0.1, 0.15) is 6.29 Å². The molecular formula is C10H14O4. The summed E-state index contributed by atoms with van der Waals surface area (Å²) in [5, 5.41) is 19.2. The van der Waals surface area contributed by atoms with Crippen LogP contribution in [0, 0.1) is 17.8 Å². The molecule has 2 N–H and O–H groups in total. The van der Waals surface area contributed by atoms with Gasteiger partial charge in [0.05, 0.1) is 12.4 Å². The van der Waals surface area contributed by atoms with Gasteiger partial charge < -0.3 is 14.9 Å². The van der Waals surface area contributed by atoms with E-state index < -0.39 is 12.4 Å². The zero-order valence-corrected chi connectivity index (χ0v) is 7.96. The van der Waals surface area contributed by atoms with Crippen LogP contribution in [0.2, 0.25) is 0 Å². The van der Waals surface area contributed by atoms with Crippen molar-refractivity contribution in [2.45, 2.75) is 25.7 Å². The van der Waals surface area contributed by atoms with Gasteiger partial charge in [-0.05, 0) is 12.3 Å². The number of aliphatic hydroxyl groups is 2. The fourth-order valence-corrected chi connectivity index (χ4v) is 2.51. The zero-order valence-electron chi connectivity index (χ0n) is 7.96. The highest BCUT2D eigenvalue weighted by Crippen LogP contribution is 2.45. The summed E-state index contributed by atoms with van der Waals surface area (Å²) >= 11 is 0. The third kappa shape index (κ3) is 1.26. The highest BCUT2D eigenvalue weighted by molar-refractivity contribution is 5.74. The number of aldehydes is 1. The lowest BCUT2D eigenvalue weighted by Crippen LogP contribution is -2.34. The fraction of sp³-hybridized carbons (Fsp3) is 0.700. The molecule has 1 aliphatic heterocycles. The predicted molar refractivity (Wildman–Crippen MR) is 48.0 cm³/mol. The molecule has 0 aromatic carbocycles. The van der Waals surface area contributed by atoms with Gasteiger partial charge in [-0.3, -0.25) is 4.79 Å². The number of ether oxygens (including phenoxy) is 1. The van der Waals surface area contributed by atoms with Gasteiger partial charge in [-0.2, -0.15) is 0 Å². The van der Waals surface area contributed by atoms with E-state index in [9.17, 15) is 15.0 Å². The summed E-state index contributed by atoms with van der Waals surface area (Å²) in [5.74, 6) is -0.241. The minimum absolute atomic E-state index is 0.0290. The lowest BCUT2D eigenvalue weighted by Gasteiger charge is -2.31. The van der Waals surface area contributed by atoms with Crippen molar-refractivity contribution in [3.05, 3.63) is 11.8 Å². The maximum atomic E-state index is 10.7. The monoisotopic (exact) mass is 198 g/mol. The number of carbonyl (C=O) groups excluding carboxylic acids is 1. The first-order chi connectivity index (χ1) is 6.65. The van der Waals surface area contributed by atoms with Gasteiger partial charge >= 0.3 is 0 Å². The lowest BCUT2D eigenvalue weighted by molar-refractivity contribution is -0.128. The van der Waals surface area contributed by atoms with E-state index in [0.29, 0.717) is 12.0 Å². The zero-order chi connectivity index (χ0) is 10.3. The Bertz CT molecular complexity index is 273. The van der Waals surface area contributed by atoms with E-state index in [1.54, 1.807) is 0 Å². The first kappa shape index (κ1) is 9.68. The molecule has 0 spiro atoms. The van der Waals surface area contributed by atoms with Crippen LogP contribution in [0.1, 0.15) is 13.3 Å². The SMILES string of the molecule is CC1C(O)CC2C(C=O)=COC(O)C21. The van der Waals surface area contributed by atoms with Crippen LogP contribution in [0.5, 0.6) is 0 Å². The molecule has 0 aromatic rings. The van der Waals surface area contributed by atoms with Gasteiger partial charge in [-0.25, -0.2) is 0 Å². The molecule has 1 aliphatic carbocycles. The van der Waals surface area contributed by atoms with Crippen LogP contribution in [0.4, 0.5) is 0 Å². The van der Waals surface area contributed by atoms with Crippen LogP contribution in [-0.2, 0) is 9.53 Å². The Balaban J connectivity index is 2.29. The van der Waals surface area contributed by atoms with Crippen molar-refractivity contribution in [3.8, 4) is 0 Å². The van der Waals surface area contributed by atoms with Crippen LogP contribution in [0.15, 0.2) is 11.8 Å². The molecule has 0 radical (unpaired) electrons. The van der Waals surface area contributed by atoms with Crippen LogP contribution in [0.3, 0.4) is 0 Å². The number of aliphatic hydroxyl groups excluding tert-OH is 2. The second-order valence-electron chi connectivity index (χ2n) is 4.11. The van der Waals surface area contributed by atoms with E-state index in [4.69, 9.17) is 4.74 Å². The van der Waals surface area contributed by atoms with Gasteiger partial charge in [-0.1, -0.05) is 6.92 Å². The minimum Gasteiger partial charge on any atom is -0.472 e.